The summed E-state index contributed by atoms with van der Waals surface area (Å²) in [6, 6.07) is 11.0. The number of non-ortho nitro benzene ring substituents is 1. The first kappa shape index (κ1) is 19.0. The van der Waals surface area contributed by atoms with Gasteiger partial charge in [0.05, 0.1) is 24.8 Å². The second-order valence-electron chi connectivity index (χ2n) is 5.30. The topological polar surface area (TPSA) is 99.9 Å². The van der Waals surface area contributed by atoms with Gasteiger partial charge in [0.2, 0.25) is 0 Å². The van der Waals surface area contributed by atoms with Crippen LogP contribution in [0.25, 0.3) is 0 Å². The Morgan fingerprint density at radius 2 is 1.77 bits per heavy atom. The number of nitrogens with one attached hydrogen (secondary N) is 1. The lowest BCUT2D eigenvalue weighted by Gasteiger charge is -2.19. The molecule has 0 aliphatic heterocycles. The summed E-state index contributed by atoms with van der Waals surface area (Å²) in [6.07, 6.45) is -0.420. The molecule has 2 aromatic carbocycles. The molecule has 0 unspecified atom stereocenters. The fourth-order valence-electron chi connectivity index (χ4n) is 2.31. The van der Waals surface area contributed by atoms with E-state index in [0.29, 0.717) is 23.7 Å². The first-order chi connectivity index (χ1) is 12.5. The minimum Gasteiger partial charge on any atom is -0.495 e. The van der Waals surface area contributed by atoms with Crippen LogP contribution in [0, 0.1) is 10.1 Å². The molecule has 0 aromatic heterocycles. The molecular weight excluding hydrogens is 340 g/mol. The van der Waals surface area contributed by atoms with E-state index >= 15 is 0 Å². The number of nitro benzene ring substituents is 1. The van der Waals surface area contributed by atoms with Gasteiger partial charge in [0.15, 0.2) is 17.6 Å². The second kappa shape index (κ2) is 8.70. The third-order valence-electron chi connectivity index (χ3n) is 3.65. The van der Waals surface area contributed by atoms with E-state index in [1.165, 1.54) is 32.4 Å². The number of carbonyl (C=O) groups is 1. The lowest BCUT2D eigenvalue weighted by atomic mass is 10.2. The van der Waals surface area contributed by atoms with E-state index < -0.39 is 16.9 Å². The van der Waals surface area contributed by atoms with Crippen LogP contribution in [0.1, 0.15) is 13.3 Å². The number of hydrogen-bond donors (Lipinski definition) is 1. The molecule has 1 N–H and O–H groups in total. The van der Waals surface area contributed by atoms with E-state index in [-0.39, 0.29) is 11.4 Å². The van der Waals surface area contributed by atoms with Gasteiger partial charge in [-0.2, -0.15) is 0 Å². The highest BCUT2D eigenvalue weighted by Crippen LogP contribution is 2.30. The Kier molecular flexibility index (Phi) is 6.37. The van der Waals surface area contributed by atoms with Gasteiger partial charge in [-0.25, -0.2) is 0 Å². The number of anilines is 1. The Morgan fingerprint density at radius 3 is 2.35 bits per heavy atom. The fourth-order valence-corrected chi connectivity index (χ4v) is 2.31. The van der Waals surface area contributed by atoms with Gasteiger partial charge in [-0.1, -0.05) is 19.1 Å². The number of amides is 1. The van der Waals surface area contributed by atoms with Crippen LogP contribution < -0.4 is 19.5 Å². The minimum atomic E-state index is -0.810. The van der Waals surface area contributed by atoms with Crippen LogP contribution in [-0.2, 0) is 4.79 Å². The first-order valence-corrected chi connectivity index (χ1v) is 7.93. The second-order valence-corrected chi connectivity index (χ2v) is 5.30. The van der Waals surface area contributed by atoms with Gasteiger partial charge >= 0.3 is 0 Å². The third-order valence-corrected chi connectivity index (χ3v) is 3.65. The van der Waals surface area contributed by atoms with Crippen LogP contribution in [0.4, 0.5) is 11.4 Å². The van der Waals surface area contributed by atoms with Crippen LogP contribution >= 0.6 is 0 Å². The number of nitro groups is 1. The highest BCUT2D eigenvalue weighted by molar-refractivity contribution is 5.96. The molecule has 0 fully saturated rings. The zero-order chi connectivity index (χ0) is 19.1. The highest BCUT2D eigenvalue weighted by atomic mass is 16.6. The van der Waals surface area contributed by atoms with E-state index in [1.54, 1.807) is 31.2 Å². The molecule has 0 radical (unpaired) electrons. The van der Waals surface area contributed by atoms with E-state index in [4.69, 9.17) is 14.2 Å². The quantitative estimate of drug-likeness (QED) is 0.572. The predicted octanol–water partition coefficient (Wildman–Crippen LogP) is 3.41. The number of para-hydroxylation sites is 2. The van der Waals surface area contributed by atoms with Crippen molar-refractivity contribution in [2.24, 2.45) is 0 Å². The first-order valence-electron chi connectivity index (χ1n) is 7.93. The molecule has 2 rings (SSSR count). The molecule has 8 heteroatoms. The largest absolute Gasteiger partial charge is 0.495 e. The minimum absolute atomic E-state index is 0.153. The van der Waals surface area contributed by atoms with E-state index in [9.17, 15) is 14.9 Å². The Morgan fingerprint density at radius 1 is 1.12 bits per heavy atom. The van der Waals surface area contributed by atoms with Gasteiger partial charge in [0, 0.05) is 12.1 Å². The average Bonchev–Trinajstić information content (AvgIpc) is 2.66. The number of carbonyl (C=O) groups excluding carboxylic acids is 1. The molecule has 138 valence electrons. The zero-order valence-electron chi connectivity index (χ0n) is 14.7. The summed E-state index contributed by atoms with van der Waals surface area (Å²) in [4.78, 5) is 23.0. The Bertz CT molecular complexity index is 793. The summed E-state index contributed by atoms with van der Waals surface area (Å²) in [6.45, 7) is 1.80. The molecule has 0 spiro atoms. The fraction of sp³-hybridized carbons (Fsp3) is 0.278. The SMILES string of the molecule is CC[C@H](Oc1ccccc1OC)C(=O)Nc1cc([N+](=O)[O-])ccc1OC. The maximum Gasteiger partial charge on any atom is 0.271 e. The smallest absolute Gasteiger partial charge is 0.271 e. The van der Waals surface area contributed by atoms with E-state index in [2.05, 4.69) is 5.32 Å². The number of nitrogens with zero attached hydrogens (tertiary/aromatic N) is 1. The van der Waals surface area contributed by atoms with Crippen molar-refractivity contribution in [3.05, 3.63) is 52.6 Å². The summed E-state index contributed by atoms with van der Waals surface area (Å²) in [5.74, 6) is 0.808. The van der Waals surface area contributed by atoms with Crippen LogP contribution in [0.2, 0.25) is 0 Å². The average molecular weight is 360 g/mol. The summed E-state index contributed by atoms with van der Waals surface area (Å²) in [5, 5.41) is 13.6. The molecule has 0 saturated carbocycles. The van der Waals surface area contributed by atoms with E-state index in [0.717, 1.165) is 0 Å². The highest BCUT2D eigenvalue weighted by Gasteiger charge is 2.22. The third kappa shape index (κ3) is 4.41. The summed E-state index contributed by atoms with van der Waals surface area (Å²) in [5.41, 5.74) is 0.0496. The molecule has 26 heavy (non-hydrogen) atoms. The Hall–Kier alpha value is -3.29. The molecule has 0 saturated heterocycles. The van der Waals surface area contributed by atoms with Crippen LogP contribution in [0.15, 0.2) is 42.5 Å². The number of hydrogen-bond acceptors (Lipinski definition) is 6. The van der Waals surface area contributed by atoms with Crippen molar-refractivity contribution in [3.8, 4) is 17.2 Å². The molecule has 0 aliphatic rings. The van der Waals surface area contributed by atoms with Crippen molar-refractivity contribution >= 4 is 17.3 Å². The maximum atomic E-state index is 12.6. The van der Waals surface area contributed by atoms with Crippen LogP contribution in [-0.4, -0.2) is 31.2 Å². The van der Waals surface area contributed by atoms with Gasteiger partial charge in [-0.3, -0.25) is 14.9 Å². The van der Waals surface area contributed by atoms with Gasteiger partial charge in [0.1, 0.15) is 5.75 Å². The van der Waals surface area contributed by atoms with Gasteiger partial charge < -0.3 is 19.5 Å². The number of ether oxygens (including phenoxy) is 3. The van der Waals surface area contributed by atoms with Crippen molar-refractivity contribution in [1.82, 2.24) is 0 Å². The van der Waals surface area contributed by atoms with Gasteiger partial charge in [0.25, 0.3) is 11.6 Å². The van der Waals surface area contributed by atoms with Crippen LogP contribution in [0.3, 0.4) is 0 Å². The summed E-state index contributed by atoms with van der Waals surface area (Å²) < 4.78 is 16.1. The number of benzene rings is 2. The number of rotatable bonds is 8. The molecule has 0 heterocycles. The van der Waals surface area contributed by atoms with Crippen molar-refractivity contribution in [3.63, 3.8) is 0 Å². The zero-order valence-corrected chi connectivity index (χ0v) is 14.7. The summed E-state index contributed by atoms with van der Waals surface area (Å²) in [7, 11) is 2.93. The van der Waals surface area contributed by atoms with E-state index in [1.807, 2.05) is 0 Å². The molecule has 0 bridgehead atoms. The van der Waals surface area contributed by atoms with Crippen molar-refractivity contribution in [1.29, 1.82) is 0 Å². The molecule has 2 aromatic rings. The lowest BCUT2D eigenvalue weighted by Crippen LogP contribution is -2.32. The van der Waals surface area contributed by atoms with Crippen molar-refractivity contribution < 1.29 is 23.9 Å². The summed E-state index contributed by atoms with van der Waals surface area (Å²) >= 11 is 0. The van der Waals surface area contributed by atoms with Gasteiger partial charge in [-0.05, 0) is 24.6 Å². The van der Waals surface area contributed by atoms with Crippen molar-refractivity contribution in [2.75, 3.05) is 19.5 Å². The molecule has 0 aliphatic carbocycles. The monoisotopic (exact) mass is 360 g/mol. The maximum absolute atomic E-state index is 12.6. The normalized spacial score (nSPS) is 11.3. The Labute approximate surface area is 150 Å². The molecular formula is C18H20N2O6. The van der Waals surface area contributed by atoms with Crippen molar-refractivity contribution in [2.45, 2.75) is 19.4 Å². The molecule has 1 atom stereocenters. The van der Waals surface area contributed by atoms with Gasteiger partial charge in [-0.15, -0.1) is 0 Å². The number of methoxy groups -OCH3 is 2. The van der Waals surface area contributed by atoms with Crippen LogP contribution in [0.5, 0.6) is 17.2 Å². The Balaban J connectivity index is 2.21. The molecule has 8 nitrogen and oxygen atoms in total. The standard InChI is InChI=1S/C18H20N2O6/c1-4-14(26-17-8-6-5-7-16(17)25-3)18(21)19-13-11-12(20(22)23)9-10-15(13)24-2/h5-11,14H,4H2,1-3H3,(H,19,21)/t14-/m0/s1. The lowest BCUT2D eigenvalue weighted by molar-refractivity contribution is -0.384. The predicted molar refractivity (Wildman–Crippen MR) is 96.0 cm³/mol. The molecule has 1 amide bonds.